The fourth-order valence-electron chi connectivity index (χ4n) is 0.257. The van der Waals surface area contributed by atoms with Crippen LogP contribution >= 0.6 is 0 Å². The quantitative estimate of drug-likeness (QED) is 0.384. The molecule has 0 saturated heterocycles. The van der Waals surface area contributed by atoms with Gasteiger partial charge < -0.3 is 0 Å². The topological polar surface area (TPSA) is 63.7 Å². The van der Waals surface area contributed by atoms with E-state index in [-0.39, 0.29) is 10.9 Å². The molecule has 9 heavy (non-hydrogen) atoms. The predicted molar refractivity (Wildman–Crippen MR) is 29.8 cm³/mol. The predicted octanol–water partition coefficient (Wildman–Crippen LogP) is -1.03. The first-order chi connectivity index (χ1) is 4.02. The van der Waals surface area contributed by atoms with E-state index in [1.165, 1.54) is 0 Å². The first kappa shape index (κ1) is 8.38. The normalized spacial score (nSPS) is 10.9. The Morgan fingerprint density at radius 1 is 1.56 bits per heavy atom. The number of hydrogen-bond donors (Lipinski definition) is 0. The number of hydroxylamine groups is 1. The standard InChI is InChI=1S/C3H7NO4S/c1-8-4(3-5)9(2,6)7/h3H,1-2H3. The second-order valence-electron chi connectivity index (χ2n) is 1.31. The van der Waals surface area contributed by atoms with Crippen molar-refractivity contribution in [2.45, 2.75) is 0 Å². The maximum Gasteiger partial charge on any atom is 0.257 e. The van der Waals surface area contributed by atoms with Crippen LogP contribution in [-0.2, 0) is 19.7 Å². The first-order valence-corrected chi connectivity index (χ1v) is 3.86. The Kier molecular flexibility index (Phi) is 2.60. The van der Waals surface area contributed by atoms with Gasteiger partial charge in [0.25, 0.3) is 10.0 Å². The summed E-state index contributed by atoms with van der Waals surface area (Å²) in [5.41, 5.74) is 0. The van der Waals surface area contributed by atoms with E-state index in [9.17, 15) is 13.2 Å². The SMILES string of the molecule is CON(C=O)S(C)(=O)=O. The minimum atomic E-state index is -3.52. The molecule has 0 unspecified atom stereocenters. The van der Waals surface area contributed by atoms with E-state index in [2.05, 4.69) is 4.84 Å². The molecular formula is C3H7NO4S. The number of carbonyl (C=O) groups excluding carboxylic acids is 1. The Morgan fingerprint density at radius 2 is 2.00 bits per heavy atom. The van der Waals surface area contributed by atoms with Gasteiger partial charge in [-0.2, -0.15) is 0 Å². The molecule has 0 aromatic carbocycles. The lowest BCUT2D eigenvalue weighted by Gasteiger charge is -2.08. The van der Waals surface area contributed by atoms with Gasteiger partial charge in [-0.3, -0.25) is 9.63 Å². The molecule has 1 amide bonds. The van der Waals surface area contributed by atoms with Crippen molar-refractivity contribution < 1.29 is 18.0 Å². The van der Waals surface area contributed by atoms with Crippen molar-refractivity contribution in [1.82, 2.24) is 4.47 Å². The fraction of sp³-hybridized carbons (Fsp3) is 0.667. The van der Waals surface area contributed by atoms with Crippen molar-refractivity contribution >= 4 is 16.4 Å². The highest BCUT2D eigenvalue weighted by atomic mass is 32.2. The maximum atomic E-state index is 10.4. The molecule has 0 heterocycles. The molecule has 0 spiro atoms. The summed E-state index contributed by atoms with van der Waals surface area (Å²) in [6.07, 6.45) is 0.945. The minimum Gasteiger partial charge on any atom is -0.275 e. The Morgan fingerprint density at radius 3 is 2.00 bits per heavy atom. The van der Waals surface area contributed by atoms with Crippen molar-refractivity contribution in [3.63, 3.8) is 0 Å². The average molecular weight is 153 g/mol. The third kappa shape index (κ3) is 2.43. The van der Waals surface area contributed by atoms with Crippen molar-refractivity contribution in [2.75, 3.05) is 13.4 Å². The minimum absolute atomic E-state index is 0.0787. The number of carbonyl (C=O) groups is 1. The Balaban J connectivity index is 4.32. The molecule has 0 saturated carbocycles. The van der Waals surface area contributed by atoms with Gasteiger partial charge >= 0.3 is 0 Å². The number of sulfonamides is 1. The van der Waals surface area contributed by atoms with Crippen LogP contribution in [0.3, 0.4) is 0 Å². The zero-order chi connectivity index (χ0) is 7.49. The Hall–Kier alpha value is -0.620. The van der Waals surface area contributed by atoms with Gasteiger partial charge in [0, 0.05) is 0 Å². The van der Waals surface area contributed by atoms with Gasteiger partial charge in [-0.1, -0.05) is 0 Å². The van der Waals surface area contributed by atoms with Gasteiger partial charge in [-0.15, -0.1) is 4.47 Å². The van der Waals surface area contributed by atoms with Gasteiger partial charge in [-0.25, -0.2) is 8.42 Å². The molecule has 0 bridgehead atoms. The highest BCUT2D eigenvalue weighted by molar-refractivity contribution is 7.88. The van der Waals surface area contributed by atoms with Crippen LogP contribution in [-0.4, -0.2) is 32.7 Å². The van der Waals surface area contributed by atoms with Crippen LogP contribution in [0.4, 0.5) is 0 Å². The van der Waals surface area contributed by atoms with E-state index in [1.54, 1.807) is 0 Å². The molecule has 0 aromatic heterocycles. The van der Waals surface area contributed by atoms with Crippen molar-refractivity contribution in [3.05, 3.63) is 0 Å². The van der Waals surface area contributed by atoms with Gasteiger partial charge in [-0.05, 0) is 0 Å². The summed E-state index contributed by atoms with van der Waals surface area (Å²) >= 11 is 0. The van der Waals surface area contributed by atoms with Gasteiger partial charge in [0.1, 0.15) is 0 Å². The third-order valence-electron chi connectivity index (χ3n) is 0.593. The van der Waals surface area contributed by atoms with Crippen LogP contribution < -0.4 is 0 Å². The fourth-order valence-corrected chi connectivity index (χ4v) is 0.684. The van der Waals surface area contributed by atoms with Crippen LogP contribution in [0.2, 0.25) is 0 Å². The molecule has 0 fully saturated rings. The lowest BCUT2D eigenvalue weighted by Crippen LogP contribution is -2.26. The van der Waals surface area contributed by atoms with Crippen molar-refractivity contribution in [3.8, 4) is 0 Å². The monoisotopic (exact) mass is 153 g/mol. The molecule has 0 atom stereocenters. The smallest absolute Gasteiger partial charge is 0.257 e. The zero-order valence-corrected chi connectivity index (χ0v) is 5.88. The van der Waals surface area contributed by atoms with E-state index in [1.807, 2.05) is 0 Å². The highest BCUT2D eigenvalue weighted by Crippen LogP contribution is 1.90. The summed E-state index contributed by atoms with van der Waals surface area (Å²) in [6, 6.07) is 0. The Labute approximate surface area is 53.2 Å². The van der Waals surface area contributed by atoms with Crippen LogP contribution in [0.15, 0.2) is 0 Å². The molecule has 5 nitrogen and oxygen atoms in total. The van der Waals surface area contributed by atoms with Crippen molar-refractivity contribution in [1.29, 1.82) is 0 Å². The summed E-state index contributed by atoms with van der Waals surface area (Å²) in [4.78, 5) is 13.9. The molecule has 54 valence electrons. The van der Waals surface area contributed by atoms with Crippen LogP contribution in [0.1, 0.15) is 0 Å². The van der Waals surface area contributed by atoms with Crippen LogP contribution in [0.5, 0.6) is 0 Å². The van der Waals surface area contributed by atoms with Gasteiger partial charge in [0.2, 0.25) is 6.41 Å². The Bertz CT molecular complexity index is 184. The van der Waals surface area contributed by atoms with E-state index < -0.39 is 10.0 Å². The van der Waals surface area contributed by atoms with Gasteiger partial charge in [0.05, 0.1) is 13.4 Å². The van der Waals surface area contributed by atoms with E-state index in [4.69, 9.17) is 0 Å². The summed E-state index contributed by atoms with van der Waals surface area (Å²) in [5, 5.41) is 0. The number of amides is 1. The van der Waals surface area contributed by atoms with Crippen molar-refractivity contribution in [2.24, 2.45) is 0 Å². The number of hydrogen-bond acceptors (Lipinski definition) is 4. The molecule has 0 N–H and O–H groups in total. The van der Waals surface area contributed by atoms with Crippen LogP contribution in [0, 0.1) is 0 Å². The lowest BCUT2D eigenvalue weighted by molar-refractivity contribution is -0.137. The van der Waals surface area contributed by atoms with E-state index in [0.717, 1.165) is 13.4 Å². The molecule has 0 aliphatic rings. The second-order valence-corrected chi connectivity index (χ2v) is 3.13. The van der Waals surface area contributed by atoms with Crippen LogP contribution in [0.25, 0.3) is 0 Å². The summed E-state index contributed by atoms with van der Waals surface area (Å²) in [7, 11) is -2.43. The summed E-state index contributed by atoms with van der Waals surface area (Å²) < 4.78 is 21.0. The molecule has 0 rings (SSSR count). The zero-order valence-electron chi connectivity index (χ0n) is 5.07. The summed E-state index contributed by atoms with van der Waals surface area (Å²) in [6.45, 7) is 0. The third-order valence-corrected chi connectivity index (χ3v) is 1.48. The molecule has 0 aliphatic carbocycles. The van der Waals surface area contributed by atoms with E-state index >= 15 is 0 Å². The molecule has 0 aromatic rings. The molecule has 0 radical (unpaired) electrons. The molecule has 6 heteroatoms. The highest BCUT2D eigenvalue weighted by Gasteiger charge is 2.11. The van der Waals surface area contributed by atoms with Gasteiger partial charge in [0.15, 0.2) is 0 Å². The average Bonchev–Trinajstić information content (AvgIpc) is 1.65. The second kappa shape index (κ2) is 2.79. The first-order valence-electron chi connectivity index (χ1n) is 2.01. The van der Waals surface area contributed by atoms with E-state index in [0.29, 0.717) is 0 Å². The molecule has 0 aliphatic heterocycles. The molecular weight excluding hydrogens is 146 g/mol. The maximum absolute atomic E-state index is 10.4. The summed E-state index contributed by atoms with van der Waals surface area (Å²) in [5.74, 6) is 0. The number of rotatable bonds is 3. The lowest BCUT2D eigenvalue weighted by atomic mass is 11.4. The largest absolute Gasteiger partial charge is 0.275 e. The number of nitrogens with zero attached hydrogens (tertiary/aromatic N) is 1.